The zero-order valence-electron chi connectivity index (χ0n) is 15.7. The van der Waals surface area contributed by atoms with Crippen molar-refractivity contribution in [3.05, 3.63) is 76.5 Å². The van der Waals surface area contributed by atoms with Gasteiger partial charge in [0.2, 0.25) is 0 Å². The fourth-order valence-electron chi connectivity index (χ4n) is 3.45. The Labute approximate surface area is 170 Å². The molecule has 1 N–H and O–H groups in total. The molecule has 156 valence electrons. The first-order valence-corrected chi connectivity index (χ1v) is 10.7. The van der Waals surface area contributed by atoms with Crippen molar-refractivity contribution in [3.8, 4) is 5.69 Å². The Morgan fingerprint density at radius 2 is 1.73 bits per heavy atom. The molecule has 6 nitrogen and oxygen atoms in total. The lowest BCUT2D eigenvalue weighted by Gasteiger charge is -2.15. The number of hydrogen-bond acceptors (Lipinski definition) is 4. The number of benzene rings is 2. The Morgan fingerprint density at radius 1 is 1.07 bits per heavy atom. The zero-order chi connectivity index (χ0) is 21.7. The van der Waals surface area contributed by atoms with Gasteiger partial charge in [-0.15, -0.1) is 0 Å². The molecule has 0 aliphatic carbocycles. The molecule has 1 aliphatic rings. The summed E-state index contributed by atoms with van der Waals surface area (Å²) in [5, 5.41) is 6.82. The number of fused-ring (bicyclic) bond motifs is 1. The van der Waals surface area contributed by atoms with Gasteiger partial charge in [-0.2, -0.15) is 18.3 Å². The molecule has 0 fully saturated rings. The van der Waals surface area contributed by atoms with E-state index in [2.05, 4.69) is 10.4 Å². The Balaban J connectivity index is 1.82. The highest BCUT2D eigenvalue weighted by atomic mass is 32.2. The van der Waals surface area contributed by atoms with Gasteiger partial charge in [0, 0.05) is 5.56 Å². The number of halogens is 3. The number of amides is 1. The molecule has 1 aromatic heterocycles. The fourth-order valence-corrected chi connectivity index (χ4v) is 4.94. The van der Waals surface area contributed by atoms with Gasteiger partial charge in [0.15, 0.2) is 9.84 Å². The Morgan fingerprint density at radius 3 is 2.43 bits per heavy atom. The molecule has 2 aromatic carbocycles. The van der Waals surface area contributed by atoms with Crippen molar-refractivity contribution in [2.75, 3.05) is 5.32 Å². The summed E-state index contributed by atoms with van der Waals surface area (Å²) in [7, 11) is -3.43. The highest BCUT2D eigenvalue weighted by molar-refractivity contribution is 7.90. The topological polar surface area (TPSA) is 81.1 Å². The molecule has 4 rings (SSSR count). The number of carbonyl (C=O) groups is 1. The van der Waals surface area contributed by atoms with Crippen molar-refractivity contribution in [1.82, 2.24) is 9.78 Å². The Hall–Kier alpha value is -3.14. The van der Waals surface area contributed by atoms with E-state index in [4.69, 9.17) is 0 Å². The second kappa shape index (κ2) is 6.98. The molecule has 0 radical (unpaired) electrons. The lowest BCUT2D eigenvalue weighted by molar-refractivity contribution is -0.137. The van der Waals surface area contributed by atoms with Gasteiger partial charge in [-0.1, -0.05) is 30.3 Å². The predicted molar refractivity (Wildman–Crippen MR) is 104 cm³/mol. The van der Waals surface area contributed by atoms with Crippen molar-refractivity contribution in [1.29, 1.82) is 0 Å². The van der Waals surface area contributed by atoms with Crippen LogP contribution in [0.15, 0.2) is 48.5 Å². The summed E-state index contributed by atoms with van der Waals surface area (Å²) in [6.07, 6.45) is -4.71. The van der Waals surface area contributed by atoms with Crippen molar-refractivity contribution in [2.45, 2.75) is 24.6 Å². The lowest BCUT2D eigenvalue weighted by atomic mass is 10.1. The number of rotatable bonds is 3. The van der Waals surface area contributed by atoms with Crippen LogP contribution in [0.2, 0.25) is 0 Å². The second-order valence-corrected chi connectivity index (χ2v) is 9.07. The van der Waals surface area contributed by atoms with Gasteiger partial charge in [-0.05, 0) is 30.7 Å². The van der Waals surface area contributed by atoms with E-state index in [0.29, 0.717) is 5.69 Å². The molecule has 3 aromatic rings. The maximum atomic E-state index is 13.3. The number of para-hydroxylation sites is 1. The number of alkyl halides is 3. The van der Waals surface area contributed by atoms with Crippen molar-refractivity contribution in [3.63, 3.8) is 0 Å². The third-order valence-corrected chi connectivity index (χ3v) is 6.28. The molecule has 0 spiro atoms. The van der Waals surface area contributed by atoms with Gasteiger partial charge in [0.1, 0.15) is 5.82 Å². The molecule has 0 saturated heterocycles. The number of hydrogen-bond donors (Lipinski definition) is 1. The minimum Gasteiger partial charge on any atom is -0.306 e. The van der Waals surface area contributed by atoms with Gasteiger partial charge in [0.05, 0.1) is 34.0 Å². The second-order valence-electron chi connectivity index (χ2n) is 7.00. The van der Waals surface area contributed by atoms with E-state index in [1.165, 1.54) is 16.8 Å². The zero-order valence-corrected chi connectivity index (χ0v) is 16.5. The molecular weight excluding hydrogens is 419 g/mol. The molecule has 1 aliphatic heterocycles. The van der Waals surface area contributed by atoms with E-state index in [9.17, 15) is 26.4 Å². The summed E-state index contributed by atoms with van der Waals surface area (Å²) in [6.45, 7) is 1.81. The van der Waals surface area contributed by atoms with Crippen LogP contribution < -0.4 is 5.32 Å². The maximum Gasteiger partial charge on any atom is 0.417 e. The number of carbonyl (C=O) groups excluding carboxylic acids is 1. The largest absolute Gasteiger partial charge is 0.417 e. The predicted octanol–water partition coefficient (Wildman–Crippen LogP) is 3.88. The summed E-state index contributed by atoms with van der Waals surface area (Å²) in [5.74, 6) is -1.57. The van der Waals surface area contributed by atoms with Gasteiger partial charge < -0.3 is 5.32 Å². The van der Waals surface area contributed by atoms with Crippen LogP contribution in [-0.2, 0) is 27.5 Å². The average Bonchev–Trinajstić information content (AvgIpc) is 3.14. The fraction of sp³-hybridized carbons (Fsp3) is 0.200. The van der Waals surface area contributed by atoms with E-state index in [1.807, 2.05) is 13.0 Å². The first kappa shape index (κ1) is 20.1. The molecule has 2 heterocycles. The number of aryl methyl sites for hydroxylation is 1. The van der Waals surface area contributed by atoms with E-state index >= 15 is 0 Å². The summed E-state index contributed by atoms with van der Waals surface area (Å²) >= 11 is 0. The molecular formula is C20H16F3N3O3S. The first-order chi connectivity index (χ1) is 14.1. The number of nitrogens with zero attached hydrogens (tertiary/aromatic N) is 2. The van der Waals surface area contributed by atoms with E-state index in [0.717, 1.165) is 17.7 Å². The molecule has 1 amide bonds. The van der Waals surface area contributed by atoms with Gasteiger partial charge in [-0.25, -0.2) is 13.1 Å². The van der Waals surface area contributed by atoms with Gasteiger partial charge >= 0.3 is 6.18 Å². The summed E-state index contributed by atoms with van der Waals surface area (Å²) in [4.78, 5) is 12.8. The number of anilines is 1. The minimum atomic E-state index is -4.71. The molecule has 0 saturated carbocycles. The van der Waals surface area contributed by atoms with Crippen LogP contribution in [-0.4, -0.2) is 24.1 Å². The van der Waals surface area contributed by atoms with E-state index in [-0.39, 0.29) is 28.6 Å². The number of nitrogens with one attached hydrogen (secondary N) is 1. The third kappa shape index (κ3) is 3.58. The van der Waals surface area contributed by atoms with Crippen molar-refractivity contribution < 1.29 is 26.4 Å². The smallest absolute Gasteiger partial charge is 0.306 e. The van der Waals surface area contributed by atoms with E-state index in [1.54, 1.807) is 18.2 Å². The third-order valence-electron chi connectivity index (χ3n) is 4.84. The quantitative estimate of drug-likeness (QED) is 0.677. The van der Waals surface area contributed by atoms with Gasteiger partial charge in [-0.3, -0.25) is 4.79 Å². The van der Waals surface area contributed by atoms with Crippen LogP contribution in [0.25, 0.3) is 5.69 Å². The Bertz CT molecular complexity index is 1260. The van der Waals surface area contributed by atoms with Crippen LogP contribution in [0, 0.1) is 6.92 Å². The highest BCUT2D eigenvalue weighted by Gasteiger charge is 2.37. The minimum absolute atomic E-state index is 0.0577. The van der Waals surface area contributed by atoms with Crippen LogP contribution >= 0.6 is 0 Å². The molecule has 0 bridgehead atoms. The standard InChI is InChI=1S/C20H16F3N3O3S/c1-12-6-2-5-9-17(12)26-18(14-10-30(28,29)11-16(14)25-26)24-19(27)13-7-3-4-8-15(13)20(21,22)23/h2-9H,10-11H2,1H3,(H,24,27). The van der Waals surface area contributed by atoms with Crippen molar-refractivity contribution in [2.24, 2.45) is 0 Å². The highest BCUT2D eigenvalue weighted by Crippen LogP contribution is 2.35. The molecule has 10 heteroatoms. The summed E-state index contributed by atoms with van der Waals surface area (Å²) in [6, 6.07) is 11.5. The molecule has 0 atom stereocenters. The molecule has 0 unspecified atom stereocenters. The lowest BCUT2D eigenvalue weighted by Crippen LogP contribution is -2.21. The maximum absolute atomic E-state index is 13.3. The number of aromatic nitrogens is 2. The van der Waals surface area contributed by atoms with Crippen molar-refractivity contribution >= 4 is 21.6 Å². The Kier molecular flexibility index (Phi) is 4.69. The van der Waals surface area contributed by atoms with Gasteiger partial charge in [0.25, 0.3) is 5.91 Å². The molecule has 30 heavy (non-hydrogen) atoms. The van der Waals surface area contributed by atoms with Crippen LogP contribution in [0.3, 0.4) is 0 Å². The average molecular weight is 435 g/mol. The van der Waals surface area contributed by atoms with Crippen LogP contribution in [0.5, 0.6) is 0 Å². The summed E-state index contributed by atoms with van der Waals surface area (Å²) < 4.78 is 65.5. The van der Waals surface area contributed by atoms with Crippen LogP contribution in [0.1, 0.15) is 32.7 Å². The normalized spacial score (nSPS) is 15.1. The summed E-state index contributed by atoms with van der Waals surface area (Å²) in [5.41, 5.74) is 0.316. The van der Waals surface area contributed by atoms with Crippen LogP contribution in [0.4, 0.5) is 19.0 Å². The monoisotopic (exact) mass is 435 g/mol. The van der Waals surface area contributed by atoms with E-state index < -0.39 is 33.0 Å². The first-order valence-electron chi connectivity index (χ1n) is 8.91. The SMILES string of the molecule is Cc1ccccc1-n1nc2c(c1NC(=O)c1ccccc1C(F)(F)F)CS(=O)(=O)C2. The number of sulfone groups is 1.